The van der Waals surface area contributed by atoms with Gasteiger partial charge in [0.15, 0.2) is 0 Å². The average Bonchev–Trinajstić information content (AvgIpc) is 2.95. The second-order valence-corrected chi connectivity index (χ2v) is 9.29. The summed E-state index contributed by atoms with van der Waals surface area (Å²) < 4.78 is 0. The van der Waals surface area contributed by atoms with Crippen molar-refractivity contribution in [2.75, 3.05) is 0 Å². The van der Waals surface area contributed by atoms with Gasteiger partial charge in [0, 0.05) is 10.8 Å². The molecule has 0 amide bonds. The Morgan fingerprint density at radius 2 is 1.04 bits per heavy atom. The molecule has 2 saturated carbocycles. The Bertz CT molecular complexity index is 758. The van der Waals surface area contributed by atoms with Gasteiger partial charge in [-0.1, -0.05) is 61.4 Å². The smallest absolute Gasteiger partial charge is 0.00615 e. The van der Waals surface area contributed by atoms with Gasteiger partial charge in [-0.3, -0.25) is 0 Å². The van der Waals surface area contributed by atoms with Crippen molar-refractivity contribution in [3.05, 3.63) is 58.7 Å². The fraction of sp³-hybridized carbons (Fsp3) is 0.500. The topological polar surface area (TPSA) is 0 Å². The Hall–Kier alpha value is -1.56. The van der Waals surface area contributed by atoms with Gasteiger partial charge in [-0.15, -0.1) is 0 Å². The van der Waals surface area contributed by atoms with Crippen LogP contribution in [0, 0.1) is 25.7 Å². The van der Waals surface area contributed by atoms with Crippen LogP contribution in [-0.4, -0.2) is 0 Å². The molecule has 3 aliphatic carbocycles. The van der Waals surface area contributed by atoms with E-state index >= 15 is 0 Å². The zero-order valence-electron chi connectivity index (χ0n) is 15.4. The first-order valence-electron chi connectivity index (χ1n) is 9.68. The van der Waals surface area contributed by atoms with Crippen LogP contribution in [0.5, 0.6) is 0 Å². The van der Waals surface area contributed by atoms with E-state index in [-0.39, 0.29) is 0 Å². The quantitative estimate of drug-likeness (QED) is 0.533. The summed E-state index contributed by atoms with van der Waals surface area (Å²) in [6, 6.07) is 14.5. The van der Waals surface area contributed by atoms with E-state index in [0.717, 1.165) is 11.8 Å². The monoisotopic (exact) mass is 316 g/mol. The molecule has 2 aromatic carbocycles. The summed E-state index contributed by atoms with van der Waals surface area (Å²) in [7, 11) is 0. The molecule has 0 aliphatic heterocycles. The van der Waals surface area contributed by atoms with Crippen molar-refractivity contribution >= 4 is 0 Å². The molecular formula is C24H28. The predicted octanol–water partition coefficient (Wildman–Crippen LogP) is 6.32. The number of aryl methyl sites for hydroxylation is 2. The number of rotatable bonds is 0. The molecule has 0 aromatic heterocycles. The zero-order chi connectivity index (χ0) is 16.7. The molecule has 3 aliphatic rings. The van der Waals surface area contributed by atoms with Crippen molar-refractivity contribution in [1.29, 1.82) is 0 Å². The van der Waals surface area contributed by atoms with E-state index in [1.807, 2.05) is 0 Å². The number of hydrogen-bond donors (Lipinski definition) is 0. The van der Waals surface area contributed by atoms with Gasteiger partial charge in [-0.2, -0.15) is 0 Å². The van der Waals surface area contributed by atoms with Gasteiger partial charge in [0.1, 0.15) is 0 Å². The van der Waals surface area contributed by atoms with Gasteiger partial charge in [-0.25, -0.2) is 0 Å². The Morgan fingerprint density at radius 1 is 0.667 bits per heavy atom. The van der Waals surface area contributed by atoms with E-state index in [1.165, 1.54) is 47.9 Å². The molecule has 2 aromatic rings. The summed E-state index contributed by atoms with van der Waals surface area (Å²) in [5.41, 5.74) is 10.0. The average molecular weight is 316 g/mol. The molecule has 124 valence electrons. The van der Waals surface area contributed by atoms with Crippen LogP contribution in [0.2, 0.25) is 0 Å². The van der Waals surface area contributed by atoms with E-state index in [1.54, 1.807) is 11.1 Å². The van der Waals surface area contributed by atoms with Gasteiger partial charge in [0.05, 0.1) is 0 Å². The van der Waals surface area contributed by atoms with E-state index in [9.17, 15) is 0 Å². The SMILES string of the molecule is Cc1ccc2c(c1)C13CC(C)CC1(CC(C)C3)c1cc(C)ccc1-2. The lowest BCUT2D eigenvalue weighted by atomic mass is 9.55. The maximum Gasteiger partial charge on any atom is 0.00615 e. The lowest BCUT2D eigenvalue weighted by Gasteiger charge is -2.48. The molecule has 0 atom stereocenters. The molecule has 0 bridgehead atoms. The summed E-state index contributed by atoms with van der Waals surface area (Å²) in [6.07, 6.45) is 5.50. The van der Waals surface area contributed by atoms with Gasteiger partial charge in [-0.05, 0) is 73.6 Å². The van der Waals surface area contributed by atoms with Crippen LogP contribution < -0.4 is 0 Å². The third kappa shape index (κ3) is 1.60. The Morgan fingerprint density at radius 3 is 1.42 bits per heavy atom. The van der Waals surface area contributed by atoms with Crippen LogP contribution in [0.1, 0.15) is 61.8 Å². The summed E-state index contributed by atoms with van der Waals surface area (Å²) >= 11 is 0. The second kappa shape index (κ2) is 4.54. The Balaban J connectivity index is 1.92. The molecule has 5 rings (SSSR count). The molecular weight excluding hydrogens is 288 g/mol. The van der Waals surface area contributed by atoms with Crippen LogP contribution in [0.3, 0.4) is 0 Å². The third-order valence-corrected chi connectivity index (χ3v) is 7.38. The first kappa shape index (κ1) is 14.8. The highest BCUT2D eigenvalue weighted by Gasteiger charge is 2.65. The van der Waals surface area contributed by atoms with E-state index in [2.05, 4.69) is 64.1 Å². The highest BCUT2D eigenvalue weighted by molar-refractivity contribution is 5.79. The maximum absolute atomic E-state index is 2.53. The zero-order valence-corrected chi connectivity index (χ0v) is 15.4. The molecule has 0 nitrogen and oxygen atoms in total. The summed E-state index contributed by atoms with van der Waals surface area (Å²) in [6.45, 7) is 9.51. The van der Waals surface area contributed by atoms with Crippen molar-refractivity contribution in [3.63, 3.8) is 0 Å². The van der Waals surface area contributed by atoms with E-state index in [0.29, 0.717) is 10.8 Å². The third-order valence-electron chi connectivity index (χ3n) is 7.38. The van der Waals surface area contributed by atoms with Gasteiger partial charge in [0.25, 0.3) is 0 Å². The predicted molar refractivity (Wildman–Crippen MR) is 102 cm³/mol. The Labute approximate surface area is 146 Å². The van der Waals surface area contributed by atoms with E-state index < -0.39 is 0 Å². The molecule has 2 fully saturated rings. The Kier molecular flexibility index (Phi) is 2.79. The highest BCUT2D eigenvalue weighted by Crippen LogP contribution is 2.71. The minimum Gasteiger partial charge on any atom is -0.0624 e. The largest absolute Gasteiger partial charge is 0.0624 e. The van der Waals surface area contributed by atoms with Crippen LogP contribution in [0.15, 0.2) is 36.4 Å². The minimum atomic E-state index is 0.383. The van der Waals surface area contributed by atoms with Crippen molar-refractivity contribution < 1.29 is 0 Å². The van der Waals surface area contributed by atoms with Crippen molar-refractivity contribution in [2.45, 2.75) is 64.2 Å². The minimum absolute atomic E-state index is 0.383. The fourth-order valence-electron chi connectivity index (χ4n) is 7.01. The van der Waals surface area contributed by atoms with Crippen LogP contribution in [-0.2, 0) is 10.8 Å². The van der Waals surface area contributed by atoms with Crippen LogP contribution in [0.4, 0.5) is 0 Å². The van der Waals surface area contributed by atoms with Crippen molar-refractivity contribution in [3.8, 4) is 11.1 Å². The highest BCUT2D eigenvalue weighted by atomic mass is 14.7. The van der Waals surface area contributed by atoms with E-state index in [4.69, 9.17) is 0 Å². The van der Waals surface area contributed by atoms with Gasteiger partial charge in [0.2, 0.25) is 0 Å². The normalized spacial score (nSPS) is 36.0. The lowest BCUT2D eigenvalue weighted by Crippen LogP contribution is -2.43. The first-order valence-corrected chi connectivity index (χ1v) is 9.68. The molecule has 0 saturated heterocycles. The summed E-state index contributed by atoms with van der Waals surface area (Å²) in [4.78, 5) is 0. The molecule has 0 N–H and O–H groups in total. The second-order valence-electron chi connectivity index (χ2n) is 9.29. The first-order chi connectivity index (χ1) is 11.4. The number of fused-ring (bicyclic) bond motifs is 3. The molecule has 0 heteroatoms. The molecule has 24 heavy (non-hydrogen) atoms. The molecule has 0 heterocycles. The number of benzene rings is 2. The number of hydrogen-bond acceptors (Lipinski definition) is 0. The lowest BCUT2D eigenvalue weighted by molar-refractivity contribution is 0.299. The molecule has 0 radical (unpaired) electrons. The summed E-state index contributed by atoms with van der Waals surface area (Å²) in [5.74, 6) is 1.66. The van der Waals surface area contributed by atoms with Gasteiger partial charge >= 0.3 is 0 Å². The molecule has 0 spiro atoms. The summed E-state index contributed by atoms with van der Waals surface area (Å²) in [5, 5.41) is 0. The van der Waals surface area contributed by atoms with Crippen LogP contribution in [0.25, 0.3) is 11.1 Å². The van der Waals surface area contributed by atoms with Crippen molar-refractivity contribution in [1.82, 2.24) is 0 Å². The maximum atomic E-state index is 2.53. The molecule has 0 unspecified atom stereocenters. The fourth-order valence-corrected chi connectivity index (χ4v) is 7.01. The van der Waals surface area contributed by atoms with Crippen LogP contribution >= 0.6 is 0 Å². The van der Waals surface area contributed by atoms with Gasteiger partial charge < -0.3 is 0 Å². The standard InChI is InChI=1S/C24H28/c1-15-5-7-19-20-8-6-16(2)10-22(20)24-13-17(3)11-23(24,21(19)9-15)12-18(4)14-24/h5-10,17-18H,11-14H2,1-4H3. The van der Waals surface area contributed by atoms with Crippen molar-refractivity contribution in [2.24, 2.45) is 11.8 Å².